The van der Waals surface area contributed by atoms with E-state index >= 15 is 0 Å². The molecule has 2 atom stereocenters. The standard InChI is InChI=1S/C22H24N4O2/c1-24(2)14-21(28)25-11-16-9-18(13-25)22-19(6-7-20(27)26(22)12-16)17-5-3-4-15(8-17)10-23/h3-8,16,18H,9,11-14H2,1-2H3/t16-,18+/m0/s1. The van der Waals surface area contributed by atoms with Gasteiger partial charge in [0.1, 0.15) is 0 Å². The molecule has 2 aliphatic rings. The van der Waals surface area contributed by atoms with Gasteiger partial charge in [0.05, 0.1) is 18.2 Å². The maximum Gasteiger partial charge on any atom is 0.250 e. The van der Waals surface area contributed by atoms with E-state index in [9.17, 15) is 14.9 Å². The van der Waals surface area contributed by atoms with Crippen LogP contribution < -0.4 is 5.56 Å². The van der Waals surface area contributed by atoms with Gasteiger partial charge in [-0.25, -0.2) is 0 Å². The lowest BCUT2D eigenvalue weighted by Crippen LogP contribution is -2.51. The molecule has 0 saturated carbocycles. The van der Waals surface area contributed by atoms with Gasteiger partial charge in [0.15, 0.2) is 0 Å². The number of hydrogen-bond acceptors (Lipinski definition) is 4. The van der Waals surface area contributed by atoms with Crippen LogP contribution >= 0.6 is 0 Å². The molecule has 1 aromatic carbocycles. The molecule has 2 aromatic rings. The van der Waals surface area contributed by atoms with Crippen molar-refractivity contribution in [2.75, 3.05) is 33.7 Å². The largest absolute Gasteiger partial charge is 0.341 e. The molecule has 1 fully saturated rings. The van der Waals surface area contributed by atoms with E-state index in [-0.39, 0.29) is 17.4 Å². The molecule has 1 aromatic heterocycles. The number of rotatable bonds is 3. The zero-order chi connectivity index (χ0) is 19.8. The van der Waals surface area contributed by atoms with Crippen LogP contribution in [-0.2, 0) is 11.3 Å². The van der Waals surface area contributed by atoms with Crippen LogP contribution in [0, 0.1) is 17.2 Å². The Labute approximate surface area is 164 Å². The third-order valence-electron chi connectivity index (χ3n) is 5.70. The number of carbonyl (C=O) groups excluding carboxylic acids is 1. The second kappa shape index (κ2) is 7.25. The molecule has 3 heterocycles. The number of piperidine rings is 1. The van der Waals surface area contributed by atoms with Crippen LogP contribution in [-0.4, -0.2) is 54.0 Å². The highest BCUT2D eigenvalue weighted by molar-refractivity contribution is 5.78. The van der Waals surface area contributed by atoms with Gasteiger partial charge in [0, 0.05) is 42.9 Å². The number of pyridine rings is 1. The Kier molecular flexibility index (Phi) is 4.78. The third-order valence-corrected chi connectivity index (χ3v) is 5.70. The summed E-state index contributed by atoms with van der Waals surface area (Å²) in [5.41, 5.74) is 3.54. The predicted molar refractivity (Wildman–Crippen MR) is 107 cm³/mol. The molecule has 0 aliphatic carbocycles. The van der Waals surface area contributed by atoms with Crippen molar-refractivity contribution >= 4 is 5.91 Å². The van der Waals surface area contributed by atoms with Crippen molar-refractivity contribution in [2.45, 2.75) is 18.9 Å². The van der Waals surface area contributed by atoms with Crippen molar-refractivity contribution < 1.29 is 4.79 Å². The van der Waals surface area contributed by atoms with Crippen molar-refractivity contribution in [2.24, 2.45) is 5.92 Å². The van der Waals surface area contributed by atoms with E-state index in [1.807, 2.05) is 52.7 Å². The number of likely N-dealkylation sites (tertiary alicyclic amines) is 1. The van der Waals surface area contributed by atoms with Gasteiger partial charge in [-0.2, -0.15) is 5.26 Å². The van der Waals surface area contributed by atoms with Crippen molar-refractivity contribution in [3.05, 3.63) is 58.0 Å². The summed E-state index contributed by atoms with van der Waals surface area (Å²) in [6.45, 7) is 2.39. The molecule has 6 heteroatoms. The number of nitrogens with zero attached hydrogens (tertiary/aromatic N) is 4. The van der Waals surface area contributed by atoms with E-state index < -0.39 is 0 Å². The number of fused-ring (bicyclic) bond motifs is 4. The fraction of sp³-hybridized carbons (Fsp3) is 0.409. The van der Waals surface area contributed by atoms with Crippen LogP contribution in [0.5, 0.6) is 0 Å². The summed E-state index contributed by atoms with van der Waals surface area (Å²) in [6.07, 6.45) is 0.986. The summed E-state index contributed by atoms with van der Waals surface area (Å²) in [7, 11) is 3.80. The zero-order valence-electron chi connectivity index (χ0n) is 16.3. The van der Waals surface area contributed by atoms with Crippen LogP contribution in [0.3, 0.4) is 0 Å². The highest BCUT2D eigenvalue weighted by Crippen LogP contribution is 2.40. The van der Waals surface area contributed by atoms with Crippen LogP contribution in [0.15, 0.2) is 41.2 Å². The molecule has 1 amide bonds. The van der Waals surface area contributed by atoms with Crippen LogP contribution in [0.25, 0.3) is 11.1 Å². The molecule has 0 N–H and O–H groups in total. The Morgan fingerprint density at radius 1 is 1.21 bits per heavy atom. The molecule has 144 valence electrons. The lowest BCUT2D eigenvalue weighted by Gasteiger charge is -2.43. The first kappa shape index (κ1) is 18.5. The molecular weight excluding hydrogens is 352 g/mol. The van der Waals surface area contributed by atoms with E-state index in [1.165, 1.54) is 0 Å². The highest BCUT2D eigenvalue weighted by Gasteiger charge is 2.37. The molecular formula is C22H24N4O2. The topological polar surface area (TPSA) is 69.3 Å². The Hall–Kier alpha value is -2.91. The average Bonchev–Trinajstić information content (AvgIpc) is 2.68. The van der Waals surface area contributed by atoms with Gasteiger partial charge in [-0.3, -0.25) is 9.59 Å². The Morgan fingerprint density at radius 2 is 2.04 bits per heavy atom. The first-order valence-electron chi connectivity index (χ1n) is 9.63. The van der Waals surface area contributed by atoms with Gasteiger partial charge in [0.2, 0.25) is 5.91 Å². The molecule has 0 unspecified atom stereocenters. The SMILES string of the molecule is CN(C)CC(=O)N1C[C@@H]2C[C@H](C1)c1c(-c3cccc(C#N)c3)ccc(=O)n1C2. The van der Waals surface area contributed by atoms with Crippen molar-refractivity contribution in [1.29, 1.82) is 5.26 Å². The molecule has 1 saturated heterocycles. The number of aromatic nitrogens is 1. The van der Waals surface area contributed by atoms with Crippen molar-refractivity contribution in [3.63, 3.8) is 0 Å². The monoisotopic (exact) mass is 376 g/mol. The smallest absolute Gasteiger partial charge is 0.250 e. The van der Waals surface area contributed by atoms with E-state index in [0.29, 0.717) is 37.7 Å². The summed E-state index contributed by atoms with van der Waals surface area (Å²) in [6, 6.07) is 13.2. The van der Waals surface area contributed by atoms with Gasteiger partial charge in [-0.1, -0.05) is 12.1 Å². The number of carbonyl (C=O) groups is 1. The third kappa shape index (κ3) is 3.34. The van der Waals surface area contributed by atoms with Crippen LogP contribution in [0.2, 0.25) is 0 Å². The fourth-order valence-electron chi connectivity index (χ4n) is 4.59. The van der Waals surface area contributed by atoms with Gasteiger partial charge in [-0.05, 0) is 50.2 Å². The molecule has 0 radical (unpaired) electrons. The summed E-state index contributed by atoms with van der Waals surface area (Å²) < 4.78 is 1.89. The maximum absolute atomic E-state index is 12.6. The van der Waals surface area contributed by atoms with Crippen LogP contribution in [0.4, 0.5) is 0 Å². The Morgan fingerprint density at radius 3 is 2.79 bits per heavy atom. The highest BCUT2D eigenvalue weighted by atomic mass is 16.2. The molecule has 2 bridgehead atoms. The quantitative estimate of drug-likeness (QED) is 0.820. The van der Waals surface area contributed by atoms with Crippen molar-refractivity contribution in [1.82, 2.24) is 14.4 Å². The number of amides is 1. The predicted octanol–water partition coefficient (Wildman–Crippen LogP) is 1.89. The first-order valence-corrected chi connectivity index (χ1v) is 9.63. The van der Waals surface area contributed by atoms with Gasteiger partial charge < -0.3 is 14.4 Å². The van der Waals surface area contributed by atoms with E-state index in [1.54, 1.807) is 12.1 Å². The number of benzene rings is 1. The Balaban J connectivity index is 1.76. The van der Waals surface area contributed by atoms with E-state index in [4.69, 9.17) is 0 Å². The number of likely N-dealkylation sites (N-methyl/N-ethyl adjacent to an activating group) is 1. The summed E-state index contributed by atoms with van der Waals surface area (Å²) in [5, 5.41) is 9.25. The van der Waals surface area contributed by atoms with Crippen molar-refractivity contribution in [3.8, 4) is 17.2 Å². The normalized spacial score (nSPS) is 20.6. The summed E-state index contributed by atoms with van der Waals surface area (Å²) >= 11 is 0. The minimum absolute atomic E-state index is 0.0120. The second-order valence-corrected chi connectivity index (χ2v) is 8.11. The van der Waals surface area contributed by atoms with Gasteiger partial charge >= 0.3 is 0 Å². The van der Waals surface area contributed by atoms with Gasteiger partial charge in [0.25, 0.3) is 5.56 Å². The average molecular weight is 376 g/mol. The van der Waals surface area contributed by atoms with Crippen LogP contribution in [0.1, 0.15) is 23.6 Å². The molecule has 6 nitrogen and oxygen atoms in total. The molecule has 2 aliphatic heterocycles. The number of nitriles is 1. The first-order chi connectivity index (χ1) is 13.5. The van der Waals surface area contributed by atoms with Gasteiger partial charge in [-0.15, -0.1) is 0 Å². The molecule has 4 rings (SSSR count). The molecule has 28 heavy (non-hydrogen) atoms. The number of hydrogen-bond donors (Lipinski definition) is 0. The molecule has 0 spiro atoms. The fourth-order valence-corrected chi connectivity index (χ4v) is 4.59. The summed E-state index contributed by atoms with van der Waals surface area (Å²) in [5.74, 6) is 0.573. The van der Waals surface area contributed by atoms with E-state index in [0.717, 1.165) is 23.2 Å². The second-order valence-electron chi connectivity index (χ2n) is 8.11. The maximum atomic E-state index is 12.6. The lowest BCUT2D eigenvalue weighted by atomic mass is 9.80. The van der Waals surface area contributed by atoms with E-state index in [2.05, 4.69) is 6.07 Å². The summed E-state index contributed by atoms with van der Waals surface area (Å²) in [4.78, 5) is 29.1. The zero-order valence-corrected chi connectivity index (χ0v) is 16.3. The Bertz CT molecular complexity index is 1020. The minimum atomic E-state index is 0.0120. The lowest BCUT2D eigenvalue weighted by molar-refractivity contribution is -0.134. The minimum Gasteiger partial charge on any atom is -0.341 e.